The van der Waals surface area contributed by atoms with Crippen LogP contribution in [0.25, 0.3) is 11.0 Å². The lowest BCUT2D eigenvalue weighted by atomic mass is 9.90. The highest BCUT2D eigenvalue weighted by Crippen LogP contribution is 2.32. The van der Waals surface area contributed by atoms with Gasteiger partial charge in [-0.25, -0.2) is 0 Å². The first-order valence-corrected chi connectivity index (χ1v) is 13.7. The van der Waals surface area contributed by atoms with Crippen LogP contribution in [-0.2, 0) is 16.0 Å². The van der Waals surface area contributed by atoms with E-state index in [1.54, 1.807) is 4.90 Å². The molecule has 1 saturated heterocycles. The molecule has 0 saturated carbocycles. The number of hydrogen-bond acceptors (Lipinski definition) is 5. The van der Waals surface area contributed by atoms with Gasteiger partial charge in [0.2, 0.25) is 0 Å². The number of furan rings is 1. The maximum absolute atomic E-state index is 14.2. The van der Waals surface area contributed by atoms with E-state index in [2.05, 4.69) is 6.07 Å². The zero-order valence-electron chi connectivity index (χ0n) is 22.9. The van der Waals surface area contributed by atoms with Crippen molar-refractivity contribution in [3.05, 3.63) is 64.9 Å². The summed E-state index contributed by atoms with van der Waals surface area (Å²) in [5.41, 5.74) is 2.71. The standard InChI is InChI=1S/C31H38N2O5/c1-21(2)33-16-17-36-26-11-6-5-9-24(26)10-7-8-14-31(30(33)35)20-32(15-18-37-31)29(34)28-23(4)25-13-12-22(3)19-27(25)38-28/h5-6,9,11-13,19,21H,7-8,10,14-18,20H2,1-4H3. The third-order valence-electron chi connectivity index (χ3n) is 7.87. The molecule has 1 spiro atoms. The fourth-order valence-corrected chi connectivity index (χ4v) is 5.71. The molecule has 0 bridgehead atoms. The number of ether oxygens (including phenoxy) is 2. The van der Waals surface area contributed by atoms with Crippen molar-refractivity contribution in [2.24, 2.45) is 0 Å². The zero-order chi connectivity index (χ0) is 26.9. The molecule has 0 radical (unpaired) electrons. The van der Waals surface area contributed by atoms with Crippen LogP contribution in [0, 0.1) is 13.8 Å². The quantitative estimate of drug-likeness (QED) is 0.460. The highest BCUT2D eigenvalue weighted by Gasteiger charge is 2.47. The second-order valence-corrected chi connectivity index (χ2v) is 10.9. The maximum atomic E-state index is 14.2. The van der Waals surface area contributed by atoms with E-state index in [-0.39, 0.29) is 24.4 Å². The first kappa shape index (κ1) is 26.3. The summed E-state index contributed by atoms with van der Waals surface area (Å²) < 4.78 is 18.5. The highest BCUT2D eigenvalue weighted by molar-refractivity contribution is 5.99. The molecule has 7 heteroatoms. The van der Waals surface area contributed by atoms with Gasteiger partial charge >= 0.3 is 0 Å². The molecule has 1 unspecified atom stereocenters. The van der Waals surface area contributed by atoms with Crippen molar-refractivity contribution in [3.8, 4) is 5.75 Å². The predicted octanol–water partition coefficient (Wildman–Crippen LogP) is 5.30. The number of para-hydroxylation sites is 1. The smallest absolute Gasteiger partial charge is 0.290 e. The van der Waals surface area contributed by atoms with Gasteiger partial charge in [-0.2, -0.15) is 0 Å². The van der Waals surface area contributed by atoms with Gasteiger partial charge < -0.3 is 23.7 Å². The fraction of sp³-hybridized carbons (Fsp3) is 0.484. The Labute approximate surface area is 224 Å². The largest absolute Gasteiger partial charge is 0.491 e. The molecular formula is C31H38N2O5. The number of hydrogen-bond donors (Lipinski definition) is 0. The Hall–Kier alpha value is -3.32. The van der Waals surface area contributed by atoms with Gasteiger partial charge in [-0.3, -0.25) is 9.59 Å². The number of fused-ring (bicyclic) bond motifs is 2. The molecule has 38 heavy (non-hydrogen) atoms. The van der Waals surface area contributed by atoms with Gasteiger partial charge in [-0.15, -0.1) is 0 Å². The first-order chi connectivity index (χ1) is 18.3. The molecular weight excluding hydrogens is 480 g/mol. The zero-order valence-corrected chi connectivity index (χ0v) is 22.9. The van der Waals surface area contributed by atoms with E-state index in [1.807, 2.05) is 69.0 Å². The summed E-state index contributed by atoms with van der Waals surface area (Å²) in [6.45, 7) is 9.73. The normalized spacial score (nSPS) is 21.2. The summed E-state index contributed by atoms with van der Waals surface area (Å²) in [6, 6.07) is 14.1. The van der Waals surface area contributed by atoms with Gasteiger partial charge in [0.25, 0.3) is 11.8 Å². The second-order valence-electron chi connectivity index (χ2n) is 10.9. The van der Waals surface area contributed by atoms with Crippen molar-refractivity contribution in [1.29, 1.82) is 0 Å². The van der Waals surface area contributed by atoms with E-state index in [0.717, 1.165) is 41.5 Å². The summed E-state index contributed by atoms with van der Waals surface area (Å²) in [6.07, 6.45) is 3.13. The molecule has 3 aromatic rings. The highest BCUT2D eigenvalue weighted by atomic mass is 16.5. The lowest BCUT2D eigenvalue weighted by molar-refractivity contribution is -0.172. The first-order valence-electron chi connectivity index (χ1n) is 13.7. The molecule has 202 valence electrons. The van der Waals surface area contributed by atoms with Crippen molar-refractivity contribution in [2.45, 2.75) is 65.0 Å². The Morgan fingerprint density at radius 1 is 1.03 bits per heavy atom. The third-order valence-corrected chi connectivity index (χ3v) is 7.87. The van der Waals surface area contributed by atoms with E-state index in [9.17, 15) is 9.59 Å². The number of benzene rings is 2. The average Bonchev–Trinajstić information content (AvgIpc) is 3.23. The van der Waals surface area contributed by atoms with E-state index in [4.69, 9.17) is 13.9 Å². The molecule has 5 rings (SSSR count). The number of carbonyl (C=O) groups is 2. The van der Waals surface area contributed by atoms with Crippen molar-refractivity contribution < 1.29 is 23.5 Å². The predicted molar refractivity (Wildman–Crippen MR) is 147 cm³/mol. The number of aryl methyl sites for hydroxylation is 3. The SMILES string of the molecule is Cc1ccc2c(C)c(C(=O)N3CCOC4(CCCCc5ccccc5OCCN(C(C)C)C4=O)C3)oc2c1. The summed E-state index contributed by atoms with van der Waals surface area (Å²) in [5.74, 6) is 0.973. The van der Waals surface area contributed by atoms with Crippen molar-refractivity contribution >= 4 is 22.8 Å². The van der Waals surface area contributed by atoms with Crippen molar-refractivity contribution in [1.82, 2.24) is 9.80 Å². The van der Waals surface area contributed by atoms with Crippen LogP contribution in [0.1, 0.15) is 60.4 Å². The number of morpholine rings is 1. The average molecular weight is 519 g/mol. The van der Waals surface area contributed by atoms with Crippen LogP contribution in [0.4, 0.5) is 0 Å². The van der Waals surface area contributed by atoms with Crippen molar-refractivity contribution in [3.63, 3.8) is 0 Å². The van der Waals surface area contributed by atoms with Gasteiger partial charge in [0.15, 0.2) is 11.4 Å². The van der Waals surface area contributed by atoms with Crippen molar-refractivity contribution in [2.75, 3.05) is 32.8 Å². The molecule has 1 fully saturated rings. The van der Waals surface area contributed by atoms with Gasteiger partial charge in [-0.05, 0) is 76.6 Å². The molecule has 1 aromatic heterocycles. The van der Waals surface area contributed by atoms with Gasteiger partial charge in [0, 0.05) is 23.5 Å². The lowest BCUT2D eigenvalue weighted by Gasteiger charge is -2.45. The van der Waals surface area contributed by atoms with Crippen LogP contribution >= 0.6 is 0 Å². The van der Waals surface area contributed by atoms with Crippen LogP contribution in [0.15, 0.2) is 46.9 Å². The van der Waals surface area contributed by atoms with E-state index < -0.39 is 5.60 Å². The van der Waals surface area contributed by atoms with Crippen LogP contribution < -0.4 is 4.74 Å². The Morgan fingerprint density at radius 2 is 1.84 bits per heavy atom. The monoisotopic (exact) mass is 518 g/mol. The Kier molecular flexibility index (Phi) is 7.48. The van der Waals surface area contributed by atoms with Gasteiger partial charge in [0.05, 0.1) is 19.7 Å². The molecule has 0 aliphatic carbocycles. The molecule has 3 heterocycles. The van der Waals surface area contributed by atoms with E-state index in [1.165, 1.54) is 5.56 Å². The molecule has 2 amide bonds. The minimum atomic E-state index is -1.09. The van der Waals surface area contributed by atoms with E-state index >= 15 is 0 Å². The topological polar surface area (TPSA) is 72.2 Å². The summed E-state index contributed by atoms with van der Waals surface area (Å²) in [4.78, 5) is 31.5. The maximum Gasteiger partial charge on any atom is 0.290 e. The number of carbonyl (C=O) groups excluding carboxylic acids is 2. The molecule has 7 nitrogen and oxygen atoms in total. The van der Waals surface area contributed by atoms with Crippen LogP contribution in [0.2, 0.25) is 0 Å². The molecule has 2 aliphatic heterocycles. The number of nitrogens with zero attached hydrogens (tertiary/aromatic N) is 2. The molecule has 2 aromatic carbocycles. The molecule has 2 aliphatic rings. The minimum absolute atomic E-state index is 0.0308. The summed E-state index contributed by atoms with van der Waals surface area (Å²) >= 11 is 0. The number of rotatable bonds is 2. The second kappa shape index (κ2) is 10.8. The van der Waals surface area contributed by atoms with E-state index in [0.29, 0.717) is 44.1 Å². The van der Waals surface area contributed by atoms with Crippen LogP contribution in [-0.4, -0.2) is 66.1 Å². The molecule has 1 atom stereocenters. The Bertz CT molecular complexity index is 1330. The lowest BCUT2D eigenvalue weighted by Crippen LogP contribution is -2.63. The minimum Gasteiger partial charge on any atom is -0.491 e. The Morgan fingerprint density at radius 3 is 2.66 bits per heavy atom. The van der Waals surface area contributed by atoms with Crippen LogP contribution in [0.3, 0.4) is 0 Å². The molecule has 0 N–H and O–H groups in total. The Balaban J connectivity index is 1.43. The third kappa shape index (κ3) is 5.04. The van der Waals surface area contributed by atoms with Gasteiger partial charge in [0.1, 0.15) is 17.9 Å². The number of amides is 2. The van der Waals surface area contributed by atoms with Gasteiger partial charge in [-0.1, -0.05) is 30.3 Å². The summed E-state index contributed by atoms with van der Waals surface area (Å²) in [7, 11) is 0. The summed E-state index contributed by atoms with van der Waals surface area (Å²) in [5, 5.41) is 0.940. The van der Waals surface area contributed by atoms with Crippen LogP contribution in [0.5, 0.6) is 5.75 Å². The fourth-order valence-electron chi connectivity index (χ4n) is 5.71.